The Labute approximate surface area is 116 Å². The van der Waals surface area contributed by atoms with Gasteiger partial charge in [-0.05, 0) is 55.7 Å². The lowest BCUT2D eigenvalue weighted by Gasteiger charge is -2.19. The average molecular weight is 253 g/mol. The first-order valence-electron chi connectivity index (χ1n) is 7.67. The van der Waals surface area contributed by atoms with Gasteiger partial charge in [-0.1, -0.05) is 43.2 Å². The van der Waals surface area contributed by atoms with E-state index in [1.54, 1.807) is 0 Å². The highest BCUT2D eigenvalue weighted by atomic mass is 14.9. The third-order valence-electron chi connectivity index (χ3n) is 4.21. The van der Waals surface area contributed by atoms with Gasteiger partial charge in [-0.15, -0.1) is 0 Å². The summed E-state index contributed by atoms with van der Waals surface area (Å²) in [5.74, 6) is 0. The van der Waals surface area contributed by atoms with E-state index in [4.69, 9.17) is 0 Å². The highest BCUT2D eigenvalue weighted by Gasteiger charge is 2.11. The zero-order valence-electron chi connectivity index (χ0n) is 11.6. The normalized spacial score (nSPS) is 20.0. The molecule has 0 saturated carbocycles. The molecule has 0 unspecified atom stereocenters. The summed E-state index contributed by atoms with van der Waals surface area (Å²) in [6.07, 6.45) is 14.8. The van der Waals surface area contributed by atoms with E-state index in [1.807, 2.05) is 0 Å². The maximum Gasteiger partial charge on any atom is 0.0414 e. The molecule has 1 aromatic rings. The molecule has 0 bridgehead atoms. The van der Waals surface area contributed by atoms with Crippen LogP contribution >= 0.6 is 0 Å². The molecule has 1 aliphatic heterocycles. The molecule has 0 radical (unpaired) electrons. The molecule has 0 aromatic heterocycles. The summed E-state index contributed by atoms with van der Waals surface area (Å²) in [5, 5.41) is 3.73. The Bertz CT molecular complexity index is 496. The van der Waals surface area contributed by atoms with E-state index in [-0.39, 0.29) is 0 Å². The van der Waals surface area contributed by atoms with E-state index in [9.17, 15) is 0 Å². The van der Waals surface area contributed by atoms with Gasteiger partial charge in [0.2, 0.25) is 0 Å². The Morgan fingerprint density at radius 2 is 1.68 bits per heavy atom. The van der Waals surface area contributed by atoms with Gasteiger partial charge in [-0.2, -0.15) is 0 Å². The predicted octanol–water partition coefficient (Wildman–Crippen LogP) is 5.21. The number of aryl methyl sites for hydroxylation is 1. The van der Waals surface area contributed by atoms with Crippen LogP contribution in [0.5, 0.6) is 0 Å². The van der Waals surface area contributed by atoms with Crippen LogP contribution in [0.25, 0.3) is 0 Å². The van der Waals surface area contributed by atoms with Gasteiger partial charge in [0.15, 0.2) is 0 Å². The van der Waals surface area contributed by atoms with Gasteiger partial charge in [0.1, 0.15) is 0 Å². The van der Waals surface area contributed by atoms with Crippen molar-refractivity contribution < 1.29 is 0 Å². The second kappa shape index (κ2) is 6.10. The van der Waals surface area contributed by atoms with Gasteiger partial charge in [-0.25, -0.2) is 0 Å². The van der Waals surface area contributed by atoms with Gasteiger partial charge in [-0.3, -0.25) is 0 Å². The fourth-order valence-corrected chi connectivity index (χ4v) is 3.10. The zero-order valence-corrected chi connectivity index (χ0v) is 11.6. The third kappa shape index (κ3) is 3.09. The first-order chi connectivity index (χ1) is 9.43. The van der Waals surface area contributed by atoms with Crippen molar-refractivity contribution in [3.05, 3.63) is 53.3 Å². The molecule has 1 nitrogen and oxygen atoms in total. The SMILES string of the molecule is C1=CC2=C(CC1)Nc1ccccc1CCCCCC2. The Morgan fingerprint density at radius 3 is 2.63 bits per heavy atom. The lowest BCUT2D eigenvalue weighted by Crippen LogP contribution is -2.07. The first kappa shape index (κ1) is 12.5. The molecule has 0 saturated heterocycles. The maximum absolute atomic E-state index is 3.73. The Balaban J connectivity index is 1.92. The molecule has 0 amide bonds. The average Bonchev–Trinajstić information content (AvgIpc) is 2.49. The molecule has 2 aliphatic rings. The Hall–Kier alpha value is -1.50. The van der Waals surface area contributed by atoms with Crippen LogP contribution in [0, 0.1) is 0 Å². The molecule has 0 fully saturated rings. The van der Waals surface area contributed by atoms with E-state index in [0.717, 1.165) is 0 Å². The van der Waals surface area contributed by atoms with Gasteiger partial charge in [0.05, 0.1) is 0 Å². The second-order valence-corrected chi connectivity index (χ2v) is 5.64. The standard InChI is InChI=1S/C18H23N/c1-2-4-10-16-12-6-8-14-18(16)19-17-13-7-5-11-15(17)9-3-1/h5-7,11-13,19H,1-4,8-10,14H2. The molecule has 1 aromatic carbocycles. The van der Waals surface area contributed by atoms with Crippen LogP contribution in [0.1, 0.15) is 50.5 Å². The minimum atomic E-state index is 1.17. The predicted molar refractivity (Wildman–Crippen MR) is 82.3 cm³/mol. The van der Waals surface area contributed by atoms with Gasteiger partial charge in [0, 0.05) is 11.4 Å². The molecular formula is C18H23N. The number of hydrogen-bond donors (Lipinski definition) is 1. The van der Waals surface area contributed by atoms with E-state index in [0.29, 0.717) is 0 Å². The molecule has 1 N–H and O–H groups in total. The summed E-state index contributed by atoms with van der Waals surface area (Å²) < 4.78 is 0. The summed E-state index contributed by atoms with van der Waals surface area (Å²) >= 11 is 0. The molecular weight excluding hydrogens is 230 g/mol. The minimum absolute atomic E-state index is 1.17. The van der Waals surface area contributed by atoms with Crippen molar-refractivity contribution in [2.45, 2.75) is 51.4 Å². The van der Waals surface area contributed by atoms with Crippen molar-refractivity contribution in [2.75, 3.05) is 5.32 Å². The number of hydrogen-bond acceptors (Lipinski definition) is 1. The van der Waals surface area contributed by atoms with Crippen molar-refractivity contribution in [3.63, 3.8) is 0 Å². The summed E-state index contributed by atoms with van der Waals surface area (Å²) in [4.78, 5) is 0. The molecule has 1 aliphatic carbocycles. The molecule has 0 spiro atoms. The zero-order chi connectivity index (χ0) is 12.9. The van der Waals surface area contributed by atoms with Crippen LogP contribution in [-0.2, 0) is 6.42 Å². The molecule has 100 valence electrons. The van der Waals surface area contributed by atoms with Crippen LogP contribution in [-0.4, -0.2) is 0 Å². The lowest BCUT2D eigenvalue weighted by molar-refractivity contribution is 0.641. The smallest absolute Gasteiger partial charge is 0.0414 e. The lowest BCUT2D eigenvalue weighted by atomic mass is 9.98. The first-order valence-corrected chi connectivity index (χ1v) is 7.67. The van der Waals surface area contributed by atoms with E-state index >= 15 is 0 Å². The number of allylic oxidation sites excluding steroid dienone is 4. The third-order valence-corrected chi connectivity index (χ3v) is 4.21. The fourth-order valence-electron chi connectivity index (χ4n) is 3.10. The molecule has 0 atom stereocenters. The van der Waals surface area contributed by atoms with Crippen molar-refractivity contribution in [2.24, 2.45) is 0 Å². The Kier molecular flexibility index (Phi) is 4.02. The maximum atomic E-state index is 3.73. The largest absolute Gasteiger partial charge is 0.358 e. The number of benzene rings is 1. The number of nitrogens with one attached hydrogen (secondary N) is 1. The van der Waals surface area contributed by atoms with Crippen LogP contribution in [0.4, 0.5) is 5.69 Å². The molecule has 3 rings (SSSR count). The number of para-hydroxylation sites is 1. The van der Waals surface area contributed by atoms with Gasteiger partial charge in [0.25, 0.3) is 0 Å². The quantitative estimate of drug-likeness (QED) is 0.669. The van der Waals surface area contributed by atoms with Crippen LogP contribution in [0.2, 0.25) is 0 Å². The molecule has 1 heterocycles. The van der Waals surface area contributed by atoms with Gasteiger partial charge < -0.3 is 5.32 Å². The van der Waals surface area contributed by atoms with Crippen LogP contribution < -0.4 is 5.32 Å². The molecule has 19 heavy (non-hydrogen) atoms. The summed E-state index contributed by atoms with van der Waals surface area (Å²) in [7, 11) is 0. The highest BCUT2D eigenvalue weighted by Crippen LogP contribution is 2.28. The van der Waals surface area contributed by atoms with E-state index in [2.05, 4.69) is 41.7 Å². The number of anilines is 1. The van der Waals surface area contributed by atoms with Crippen molar-refractivity contribution in [1.82, 2.24) is 0 Å². The number of fused-ring (bicyclic) bond motifs is 1. The fraction of sp³-hybridized carbons (Fsp3) is 0.444. The summed E-state index contributed by atoms with van der Waals surface area (Å²) in [6, 6.07) is 8.82. The highest BCUT2D eigenvalue weighted by molar-refractivity contribution is 5.56. The van der Waals surface area contributed by atoms with Crippen LogP contribution in [0.15, 0.2) is 47.7 Å². The Morgan fingerprint density at radius 1 is 0.842 bits per heavy atom. The van der Waals surface area contributed by atoms with Crippen molar-refractivity contribution in [3.8, 4) is 0 Å². The summed E-state index contributed by atoms with van der Waals surface area (Å²) in [6.45, 7) is 0. The monoisotopic (exact) mass is 253 g/mol. The van der Waals surface area contributed by atoms with Crippen molar-refractivity contribution >= 4 is 5.69 Å². The summed E-state index contributed by atoms with van der Waals surface area (Å²) in [5.41, 5.74) is 5.79. The second-order valence-electron chi connectivity index (χ2n) is 5.64. The topological polar surface area (TPSA) is 12.0 Å². The van der Waals surface area contributed by atoms with Crippen molar-refractivity contribution in [1.29, 1.82) is 0 Å². The van der Waals surface area contributed by atoms with E-state index in [1.165, 1.54) is 73.9 Å². The minimum Gasteiger partial charge on any atom is -0.358 e. The molecule has 1 heteroatoms. The number of rotatable bonds is 0. The van der Waals surface area contributed by atoms with Crippen LogP contribution in [0.3, 0.4) is 0 Å². The van der Waals surface area contributed by atoms with E-state index < -0.39 is 0 Å². The van der Waals surface area contributed by atoms with Gasteiger partial charge >= 0.3 is 0 Å².